The quantitative estimate of drug-likeness (QED) is 0.653. The molecule has 16 heavy (non-hydrogen) atoms. The SMILES string of the molecule is CCN(CCO)C(=O)CCC(C)(C)CCN. The zero-order chi connectivity index (χ0) is 12.6. The Labute approximate surface area is 98.8 Å². The highest BCUT2D eigenvalue weighted by Gasteiger charge is 2.20. The second-order valence-electron chi connectivity index (χ2n) is 4.90. The van der Waals surface area contributed by atoms with Crippen LogP contribution in [0.3, 0.4) is 0 Å². The van der Waals surface area contributed by atoms with E-state index >= 15 is 0 Å². The van der Waals surface area contributed by atoms with Gasteiger partial charge in [0.25, 0.3) is 0 Å². The van der Waals surface area contributed by atoms with Crippen LogP contribution in [0.2, 0.25) is 0 Å². The molecular weight excluding hydrogens is 204 g/mol. The fourth-order valence-corrected chi connectivity index (χ4v) is 1.70. The number of carbonyl (C=O) groups is 1. The van der Waals surface area contributed by atoms with Gasteiger partial charge < -0.3 is 15.7 Å². The van der Waals surface area contributed by atoms with E-state index in [1.165, 1.54) is 0 Å². The summed E-state index contributed by atoms with van der Waals surface area (Å²) in [6, 6.07) is 0. The first kappa shape index (κ1) is 15.4. The molecule has 0 aromatic heterocycles. The van der Waals surface area contributed by atoms with Crippen molar-refractivity contribution in [2.45, 2.75) is 40.0 Å². The summed E-state index contributed by atoms with van der Waals surface area (Å²) in [6.45, 7) is 7.99. The van der Waals surface area contributed by atoms with Gasteiger partial charge in [-0.05, 0) is 31.7 Å². The van der Waals surface area contributed by atoms with E-state index in [1.54, 1.807) is 4.90 Å². The van der Waals surface area contributed by atoms with Gasteiger partial charge in [0.1, 0.15) is 0 Å². The molecule has 1 amide bonds. The molecule has 0 aliphatic rings. The maximum Gasteiger partial charge on any atom is 0.222 e. The van der Waals surface area contributed by atoms with E-state index in [4.69, 9.17) is 10.8 Å². The molecule has 0 aromatic carbocycles. The van der Waals surface area contributed by atoms with Crippen molar-refractivity contribution in [3.63, 3.8) is 0 Å². The minimum atomic E-state index is 0.0335. The van der Waals surface area contributed by atoms with Crippen molar-refractivity contribution in [2.24, 2.45) is 11.1 Å². The molecule has 0 saturated heterocycles. The Hall–Kier alpha value is -0.610. The van der Waals surface area contributed by atoms with Gasteiger partial charge in [-0.2, -0.15) is 0 Å². The summed E-state index contributed by atoms with van der Waals surface area (Å²) >= 11 is 0. The lowest BCUT2D eigenvalue weighted by molar-refractivity contribution is -0.132. The van der Waals surface area contributed by atoms with Crippen molar-refractivity contribution in [1.29, 1.82) is 0 Å². The average Bonchev–Trinajstić information content (AvgIpc) is 2.22. The standard InChI is InChI=1S/C12H26N2O2/c1-4-14(9-10-15)11(16)5-6-12(2,3)7-8-13/h15H,4-10,13H2,1-3H3. The molecule has 0 rings (SSSR count). The molecule has 0 atom stereocenters. The maximum atomic E-state index is 11.8. The highest BCUT2D eigenvalue weighted by molar-refractivity contribution is 5.76. The Morgan fingerprint density at radius 3 is 2.44 bits per heavy atom. The van der Waals surface area contributed by atoms with Crippen LogP contribution in [-0.4, -0.2) is 42.2 Å². The van der Waals surface area contributed by atoms with E-state index in [0.717, 1.165) is 12.8 Å². The molecule has 0 aliphatic heterocycles. The van der Waals surface area contributed by atoms with Crippen molar-refractivity contribution in [1.82, 2.24) is 4.90 Å². The lowest BCUT2D eigenvalue weighted by Gasteiger charge is -2.26. The number of carbonyl (C=O) groups excluding carboxylic acids is 1. The summed E-state index contributed by atoms with van der Waals surface area (Å²) in [4.78, 5) is 13.5. The third-order valence-corrected chi connectivity index (χ3v) is 2.94. The van der Waals surface area contributed by atoms with Crippen molar-refractivity contribution < 1.29 is 9.90 Å². The smallest absolute Gasteiger partial charge is 0.222 e. The number of aliphatic hydroxyl groups is 1. The number of rotatable bonds is 8. The second kappa shape index (κ2) is 7.63. The number of nitrogens with two attached hydrogens (primary N) is 1. The van der Waals surface area contributed by atoms with Crippen LogP contribution in [0.15, 0.2) is 0 Å². The van der Waals surface area contributed by atoms with E-state index in [9.17, 15) is 4.79 Å². The number of aliphatic hydroxyl groups excluding tert-OH is 1. The third kappa shape index (κ3) is 6.08. The number of amides is 1. The fraction of sp³-hybridized carbons (Fsp3) is 0.917. The first-order valence-corrected chi connectivity index (χ1v) is 6.05. The second-order valence-corrected chi connectivity index (χ2v) is 4.90. The summed E-state index contributed by atoms with van der Waals surface area (Å²) in [6.07, 6.45) is 2.33. The molecule has 0 spiro atoms. The van der Waals surface area contributed by atoms with Gasteiger partial charge >= 0.3 is 0 Å². The van der Waals surface area contributed by atoms with Crippen molar-refractivity contribution in [3.05, 3.63) is 0 Å². The van der Waals surface area contributed by atoms with Crippen LogP contribution in [0.1, 0.15) is 40.0 Å². The predicted molar refractivity (Wildman–Crippen MR) is 66.0 cm³/mol. The van der Waals surface area contributed by atoms with Crippen LogP contribution in [-0.2, 0) is 4.79 Å². The molecule has 96 valence electrons. The van der Waals surface area contributed by atoms with E-state index < -0.39 is 0 Å². The number of nitrogens with zero attached hydrogens (tertiary/aromatic N) is 1. The normalized spacial score (nSPS) is 11.6. The zero-order valence-electron chi connectivity index (χ0n) is 10.8. The Kier molecular flexibility index (Phi) is 7.34. The number of hydrogen-bond donors (Lipinski definition) is 2. The van der Waals surface area contributed by atoms with Gasteiger partial charge in [-0.1, -0.05) is 13.8 Å². The van der Waals surface area contributed by atoms with Gasteiger partial charge in [0.2, 0.25) is 5.91 Å². The predicted octanol–water partition coefficient (Wildman–Crippen LogP) is 0.982. The van der Waals surface area contributed by atoms with Gasteiger partial charge in [-0.3, -0.25) is 4.79 Å². The molecule has 0 unspecified atom stereocenters. The molecule has 0 saturated carbocycles. The van der Waals surface area contributed by atoms with Crippen molar-refractivity contribution in [2.75, 3.05) is 26.2 Å². The van der Waals surface area contributed by atoms with E-state index in [2.05, 4.69) is 13.8 Å². The fourth-order valence-electron chi connectivity index (χ4n) is 1.70. The van der Waals surface area contributed by atoms with Gasteiger partial charge in [0.15, 0.2) is 0 Å². The van der Waals surface area contributed by atoms with Crippen LogP contribution < -0.4 is 5.73 Å². The molecule has 0 fully saturated rings. The van der Waals surface area contributed by atoms with Crippen LogP contribution in [0.5, 0.6) is 0 Å². The molecule has 0 aromatic rings. The maximum absolute atomic E-state index is 11.8. The zero-order valence-corrected chi connectivity index (χ0v) is 10.8. The summed E-state index contributed by atoms with van der Waals surface area (Å²) < 4.78 is 0. The van der Waals surface area contributed by atoms with Gasteiger partial charge in [0, 0.05) is 19.5 Å². The van der Waals surface area contributed by atoms with Gasteiger partial charge in [-0.15, -0.1) is 0 Å². The minimum absolute atomic E-state index is 0.0335. The van der Waals surface area contributed by atoms with E-state index in [1.807, 2.05) is 6.92 Å². The van der Waals surface area contributed by atoms with E-state index in [-0.39, 0.29) is 17.9 Å². The van der Waals surface area contributed by atoms with Crippen molar-refractivity contribution >= 4 is 5.91 Å². The highest BCUT2D eigenvalue weighted by Crippen LogP contribution is 2.26. The Morgan fingerprint density at radius 1 is 1.38 bits per heavy atom. The van der Waals surface area contributed by atoms with Gasteiger partial charge in [-0.25, -0.2) is 0 Å². The molecule has 0 bridgehead atoms. The Balaban J connectivity index is 4.04. The van der Waals surface area contributed by atoms with E-state index in [0.29, 0.717) is 26.1 Å². The molecule has 0 aliphatic carbocycles. The highest BCUT2D eigenvalue weighted by atomic mass is 16.3. The first-order chi connectivity index (χ1) is 7.46. The summed E-state index contributed by atoms with van der Waals surface area (Å²) in [5, 5.41) is 8.82. The van der Waals surface area contributed by atoms with Crippen LogP contribution >= 0.6 is 0 Å². The Bertz CT molecular complexity index is 205. The first-order valence-electron chi connectivity index (χ1n) is 6.05. The molecule has 4 heteroatoms. The largest absolute Gasteiger partial charge is 0.395 e. The number of hydrogen-bond acceptors (Lipinski definition) is 3. The average molecular weight is 230 g/mol. The lowest BCUT2D eigenvalue weighted by Crippen LogP contribution is -2.34. The molecule has 0 heterocycles. The summed E-state index contributed by atoms with van der Waals surface area (Å²) in [5.41, 5.74) is 5.65. The molecule has 4 nitrogen and oxygen atoms in total. The minimum Gasteiger partial charge on any atom is -0.395 e. The Morgan fingerprint density at radius 2 is 2.00 bits per heavy atom. The molecule has 3 N–H and O–H groups in total. The summed E-state index contributed by atoms with van der Waals surface area (Å²) in [5.74, 6) is 0.127. The molecule has 0 radical (unpaired) electrons. The van der Waals surface area contributed by atoms with Crippen LogP contribution in [0.4, 0.5) is 0 Å². The monoisotopic (exact) mass is 230 g/mol. The van der Waals surface area contributed by atoms with Crippen molar-refractivity contribution in [3.8, 4) is 0 Å². The van der Waals surface area contributed by atoms with Crippen LogP contribution in [0.25, 0.3) is 0 Å². The summed E-state index contributed by atoms with van der Waals surface area (Å²) in [7, 11) is 0. The van der Waals surface area contributed by atoms with Gasteiger partial charge in [0.05, 0.1) is 6.61 Å². The third-order valence-electron chi connectivity index (χ3n) is 2.94. The lowest BCUT2D eigenvalue weighted by atomic mass is 9.84. The topological polar surface area (TPSA) is 66.6 Å². The molecular formula is C12H26N2O2. The number of likely N-dealkylation sites (N-methyl/N-ethyl adjacent to an activating group) is 1. The van der Waals surface area contributed by atoms with Crippen LogP contribution in [0, 0.1) is 5.41 Å².